The Balaban J connectivity index is 2.14. The van der Waals surface area contributed by atoms with Gasteiger partial charge in [-0.1, -0.05) is 30.4 Å². The van der Waals surface area contributed by atoms with Crippen molar-refractivity contribution in [1.82, 2.24) is 5.01 Å². The maximum Gasteiger partial charge on any atom is 0.354 e. The predicted molar refractivity (Wildman–Crippen MR) is 79.4 cm³/mol. The van der Waals surface area contributed by atoms with E-state index in [-0.39, 0.29) is 18.0 Å². The normalized spacial score (nSPS) is 25.3. The van der Waals surface area contributed by atoms with Gasteiger partial charge >= 0.3 is 5.97 Å². The number of methoxy groups -OCH3 is 1. The summed E-state index contributed by atoms with van der Waals surface area (Å²) in [5, 5.41) is 5.39. The van der Waals surface area contributed by atoms with Crippen LogP contribution in [0.15, 0.2) is 41.1 Å². The molecule has 1 amide bonds. The highest BCUT2D eigenvalue weighted by atomic mass is 16.5. The van der Waals surface area contributed by atoms with Crippen molar-refractivity contribution in [2.45, 2.75) is 25.3 Å². The first kappa shape index (κ1) is 15.2. The molecule has 0 aromatic carbocycles. The van der Waals surface area contributed by atoms with Crippen LogP contribution in [0.25, 0.3) is 0 Å². The Morgan fingerprint density at radius 2 is 2.24 bits per heavy atom. The third-order valence-corrected chi connectivity index (χ3v) is 3.28. The van der Waals surface area contributed by atoms with Crippen molar-refractivity contribution in [2.24, 2.45) is 10.8 Å². The Kier molecular flexibility index (Phi) is 4.37. The topological polar surface area (TPSA) is 85.0 Å². The fourth-order valence-corrected chi connectivity index (χ4v) is 2.05. The second kappa shape index (κ2) is 6.05. The molecule has 1 aliphatic heterocycles. The van der Waals surface area contributed by atoms with Crippen molar-refractivity contribution < 1.29 is 14.3 Å². The summed E-state index contributed by atoms with van der Waals surface area (Å²) in [6.45, 7) is 2.19. The van der Waals surface area contributed by atoms with E-state index in [1.54, 1.807) is 0 Å². The SMILES string of the molecule is COC(=O)C1=NN(CC2=CC=CC(C)(N)C=C2)C(=O)CC1. The molecule has 6 heteroatoms. The van der Waals surface area contributed by atoms with Crippen molar-refractivity contribution in [1.29, 1.82) is 0 Å². The van der Waals surface area contributed by atoms with Gasteiger partial charge in [0.1, 0.15) is 5.71 Å². The molecule has 0 saturated heterocycles. The van der Waals surface area contributed by atoms with Gasteiger partial charge in [0.2, 0.25) is 5.91 Å². The summed E-state index contributed by atoms with van der Waals surface area (Å²) in [7, 11) is 1.30. The minimum Gasteiger partial charge on any atom is -0.464 e. The number of rotatable bonds is 3. The number of allylic oxidation sites excluding steroid dienone is 2. The summed E-state index contributed by atoms with van der Waals surface area (Å²) in [5.41, 5.74) is 6.66. The van der Waals surface area contributed by atoms with Crippen LogP contribution in [-0.4, -0.2) is 41.8 Å². The summed E-state index contributed by atoms with van der Waals surface area (Å²) in [6.07, 6.45) is 9.92. The smallest absolute Gasteiger partial charge is 0.354 e. The Bertz CT molecular complexity index is 571. The molecular formula is C15H19N3O3. The standard InChI is InChI=1S/C15H19N3O3/c1-15(16)8-3-4-11(7-9-15)10-18-13(19)6-5-12(17-18)14(20)21-2/h3-4,7-9H,5-6,10,16H2,1-2H3. The number of amides is 1. The maximum absolute atomic E-state index is 11.9. The molecule has 0 aromatic heterocycles. The van der Waals surface area contributed by atoms with Gasteiger partial charge in [0.05, 0.1) is 19.2 Å². The van der Waals surface area contributed by atoms with Gasteiger partial charge in [-0.05, 0) is 12.5 Å². The van der Waals surface area contributed by atoms with Gasteiger partial charge in [-0.25, -0.2) is 9.80 Å². The van der Waals surface area contributed by atoms with E-state index in [0.717, 1.165) is 5.57 Å². The molecule has 112 valence electrons. The van der Waals surface area contributed by atoms with Crippen LogP contribution < -0.4 is 5.73 Å². The zero-order valence-corrected chi connectivity index (χ0v) is 12.2. The summed E-state index contributed by atoms with van der Waals surface area (Å²) in [4.78, 5) is 23.4. The lowest BCUT2D eigenvalue weighted by Gasteiger charge is -2.23. The minimum absolute atomic E-state index is 0.110. The molecule has 0 fully saturated rings. The van der Waals surface area contributed by atoms with Crippen molar-refractivity contribution in [3.63, 3.8) is 0 Å². The van der Waals surface area contributed by atoms with Gasteiger partial charge in [0, 0.05) is 12.8 Å². The summed E-state index contributed by atoms with van der Waals surface area (Å²) in [6, 6.07) is 0. The molecule has 1 aliphatic carbocycles. The number of hydrazone groups is 1. The lowest BCUT2D eigenvalue weighted by Crippen LogP contribution is -2.35. The fraction of sp³-hybridized carbons (Fsp3) is 0.400. The Morgan fingerprint density at radius 1 is 1.48 bits per heavy atom. The molecule has 1 atom stereocenters. The average molecular weight is 289 g/mol. The lowest BCUT2D eigenvalue weighted by atomic mass is 10.0. The van der Waals surface area contributed by atoms with Gasteiger partial charge in [-0.15, -0.1) is 0 Å². The van der Waals surface area contributed by atoms with E-state index in [1.807, 2.05) is 37.3 Å². The van der Waals surface area contributed by atoms with Crippen LogP contribution in [-0.2, 0) is 14.3 Å². The molecule has 6 nitrogen and oxygen atoms in total. The van der Waals surface area contributed by atoms with Gasteiger partial charge in [-0.2, -0.15) is 5.10 Å². The first-order valence-corrected chi connectivity index (χ1v) is 6.74. The van der Waals surface area contributed by atoms with Crippen LogP contribution in [0.2, 0.25) is 0 Å². The van der Waals surface area contributed by atoms with Gasteiger partial charge < -0.3 is 10.5 Å². The quantitative estimate of drug-likeness (QED) is 0.782. The van der Waals surface area contributed by atoms with Gasteiger partial charge in [-0.3, -0.25) is 4.79 Å². The number of carbonyl (C=O) groups excluding carboxylic acids is 2. The number of hydrogen-bond acceptors (Lipinski definition) is 5. The number of ether oxygens (including phenoxy) is 1. The van der Waals surface area contributed by atoms with Crippen molar-refractivity contribution >= 4 is 17.6 Å². The second-order valence-corrected chi connectivity index (χ2v) is 5.29. The largest absolute Gasteiger partial charge is 0.464 e. The van der Waals surface area contributed by atoms with E-state index in [9.17, 15) is 9.59 Å². The zero-order valence-electron chi connectivity index (χ0n) is 12.2. The molecule has 0 bridgehead atoms. The summed E-state index contributed by atoms with van der Waals surface area (Å²) >= 11 is 0. The van der Waals surface area contributed by atoms with Crippen LogP contribution in [0.5, 0.6) is 0 Å². The molecule has 2 N–H and O–H groups in total. The van der Waals surface area contributed by atoms with Crippen molar-refractivity contribution in [3.05, 3.63) is 36.0 Å². The van der Waals surface area contributed by atoms with Crippen LogP contribution in [0.1, 0.15) is 19.8 Å². The Labute approximate surface area is 123 Å². The van der Waals surface area contributed by atoms with E-state index < -0.39 is 11.5 Å². The van der Waals surface area contributed by atoms with E-state index in [0.29, 0.717) is 13.0 Å². The first-order valence-electron chi connectivity index (χ1n) is 6.74. The lowest BCUT2D eigenvalue weighted by molar-refractivity contribution is -0.134. The van der Waals surface area contributed by atoms with E-state index in [2.05, 4.69) is 9.84 Å². The molecule has 2 rings (SSSR count). The molecular weight excluding hydrogens is 270 g/mol. The van der Waals surface area contributed by atoms with Crippen LogP contribution in [0, 0.1) is 0 Å². The molecule has 2 aliphatic rings. The van der Waals surface area contributed by atoms with E-state index >= 15 is 0 Å². The number of nitrogens with zero attached hydrogens (tertiary/aromatic N) is 2. The molecule has 21 heavy (non-hydrogen) atoms. The zero-order chi connectivity index (χ0) is 15.5. The number of esters is 1. The Hall–Kier alpha value is -2.21. The van der Waals surface area contributed by atoms with Crippen LogP contribution in [0.4, 0.5) is 0 Å². The number of hydrogen-bond donors (Lipinski definition) is 1. The average Bonchev–Trinajstić information content (AvgIpc) is 2.61. The first-order chi connectivity index (χ1) is 9.91. The fourth-order valence-electron chi connectivity index (χ4n) is 2.05. The van der Waals surface area contributed by atoms with Gasteiger partial charge in [0.25, 0.3) is 0 Å². The molecule has 1 heterocycles. The van der Waals surface area contributed by atoms with E-state index in [1.165, 1.54) is 12.1 Å². The van der Waals surface area contributed by atoms with E-state index in [4.69, 9.17) is 5.73 Å². The van der Waals surface area contributed by atoms with Crippen molar-refractivity contribution in [3.8, 4) is 0 Å². The summed E-state index contributed by atoms with van der Waals surface area (Å²) in [5.74, 6) is -0.604. The molecule has 0 saturated carbocycles. The molecule has 0 aromatic rings. The number of nitrogens with two attached hydrogens (primary N) is 1. The highest BCUT2D eigenvalue weighted by Gasteiger charge is 2.25. The minimum atomic E-state index is -0.509. The van der Waals surface area contributed by atoms with Gasteiger partial charge in [0.15, 0.2) is 0 Å². The number of carbonyl (C=O) groups is 2. The van der Waals surface area contributed by atoms with Crippen LogP contribution in [0.3, 0.4) is 0 Å². The molecule has 1 unspecified atom stereocenters. The molecule has 0 spiro atoms. The highest BCUT2D eigenvalue weighted by Crippen LogP contribution is 2.16. The monoisotopic (exact) mass is 289 g/mol. The maximum atomic E-state index is 11.9. The predicted octanol–water partition coefficient (Wildman–Crippen LogP) is 0.908. The second-order valence-electron chi connectivity index (χ2n) is 5.29. The Morgan fingerprint density at radius 3 is 2.95 bits per heavy atom. The van der Waals surface area contributed by atoms with Crippen LogP contribution >= 0.6 is 0 Å². The highest BCUT2D eigenvalue weighted by molar-refractivity contribution is 6.37. The third-order valence-electron chi connectivity index (χ3n) is 3.28. The molecule has 0 radical (unpaired) electrons. The van der Waals surface area contributed by atoms with Crippen molar-refractivity contribution in [2.75, 3.05) is 13.7 Å². The summed E-state index contributed by atoms with van der Waals surface area (Å²) < 4.78 is 4.65. The third kappa shape index (κ3) is 3.88.